The van der Waals surface area contributed by atoms with Gasteiger partial charge in [-0.1, -0.05) is 0 Å². The van der Waals surface area contributed by atoms with E-state index >= 15 is 0 Å². The zero-order chi connectivity index (χ0) is 14.8. The highest BCUT2D eigenvalue weighted by molar-refractivity contribution is 8.13. The van der Waals surface area contributed by atoms with E-state index in [9.17, 15) is 13.2 Å². The minimum Gasteiger partial charge on any atom is -0.492 e. The Balaban J connectivity index is 2.19. The Morgan fingerprint density at radius 3 is 2.70 bits per heavy atom. The van der Waals surface area contributed by atoms with Crippen molar-refractivity contribution in [3.63, 3.8) is 0 Å². The summed E-state index contributed by atoms with van der Waals surface area (Å²) < 4.78 is 28.3. The molecule has 1 aliphatic carbocycles. The molecule has 110 valence electrons. The summed E-state index contributed by atoms with van der Waals surface area (Å²) in [6.45, 7) is 2.07. The summed E-state index contributed by atoms with van der Waals surface area (Å²) in [6.07, 6.45) is 2.63. The van der Waals surface area contributed by atoms with E-state index in [0.717, 1.165) is 12.8 Å². The van der Waals surface area contributed by atoms with E-state index in [1.165, 1.54) is 12.1 Å². The largest absolute Gasteiger partial charge is 0.492 e. The summed E-state index contributed by atoms with van der Waals surface area (Å²) >= 11 is 0. The molecule has 0 radical (unpaired) electrons. The number of amides is 1. The van der Waals surface area contributed by atoms with Crippen LogP contribution in [0.2, 0.25) is 0 Å². The van der Waals surface area contributed by atoms with Crippen molar-refractivity contribution in [3.8, 4) is 5.75 Å². The molecule has 2 rings (SSSR count). The number of halogens is 1. The van der Waals surface area contributed by atoms with Crippen LogP contribution in [0.5, 0.6) is 5.75 Å². The Bertz CT molecular complexity index is 611. The van der Waals surface area contributed by atoms with Crippen LogP contribution in [-0.4, -0.2) is 20.9 Å². The van der Waals surface area contributed by atoms with Crippen LogP contribution in [0.4, 0.5) is 5.69 Å². The number of nitrogens with one attached hydrogen (secondary N) is 1. The van der Waals surface area contributed by atoms with Crippen LogP contribution in [0, 0.1) is 5.92 Å². The molecule has 1 aromatic carbocycles. The first kappa shape index (κ1) is 15.1. The molecular weight excluding hydrogens is 302 g/mol. The Morgan fingerprint density at radius 1 is 1.45 bits per heavy atom. The summed E-state index contributed by atoms with van der Waals surface area (Å²) in [5, 5.41) is 2.68. The predicted octanol–water partition coefficient (Wildman–Crippen LogP) is 2.75. The van der Waals surface area contributed by atoms with Gasteiger partial charge in [0.15, 0.2) is 0 Å². The van der Waals surface area contributed by atoms with Crippen LogP contribution in [0.3, 0.4) is 0 Å². The molecule has 0 unspecified atom stereocenters. The zero-order valence-corrected chi connectivity index (χ0v) is 12.6. The summed E-state index contributed by atoms with van der Waals surface area (Å²) in [5.74, 6) is 0.534. The van der Waals surface area contributed by atoms with Crippen molar-refractivity contribution in [1.82, 2.24) is 0 Å². The van der Waals surface area contributed by atoms with Gasteiger partial charge < -0.3 is 10.1 Å². The topological polar surface area (TPSA) is 72.5 Å². The van der Waals surface area contributed by atoms with Gasteiger partial charge in [-0.3, -0.25) is 4.79 Å². The van der Waals surface area contributed by atoms with Gasteiger partial charge in [-0.2, -0.15) is 0 Å². The van der Waals surface area contributed by atoms with Crippen molar-refractivity contribution in [2.45, 2.75) is 31.1 Å². The monoisotopic (exact) mass is 317 g/mol. The van der Waals surface area contributed by atoms with Crippen molar-refractivity contribution >= 4 is 31.3 Å². The Hall–Kier alpha value is -1.27. The van der Waals surface area contributed by atoms with E-state index in [1.54, 1.807) is 13.0 Å². The van der Waals surface area contributed by atoms with Crippen molar-refractivity contribution < 1.29 is 17.9 Å². The van der Waals surface area contributed by atoms with Gasteiger partial charge in [0.05, 0.1) is 6.61 Å². The maximum Gasteiger partial charge on any atom is 0.265 e. The third kappa shape index (κ3) is 4.11. The van der Waals surface area contributed by atoms with Crippen LogP contribution >= 0.6 is 10.7 Å². The zero-order valence-electron chi connectivity index (χ0n) is 11.1. The average molecular weight is 318 g/mol. The lowest BCUT2D eigenvalue weighted by Crippen LogP contribution is -2.12. The molecule has 0 heterocycles. The minimum absolute atomic E-state index is 0.116. The molecule has 20 heavy (non-hydrogen) atoms. The van der Waals surface area contributed by atoms with Gasteiger partial charge in [0.2, 0.25) is 5.91 Å². The Kier molecular flexibility index (Phi) is 4.55. The molecule has 5 nitrogen and oxygen atoms in total. The normalized spacial score (nSPS) is 14.9. The summed E-state index contributed by atoms with van der Waals surface area (Å²) in [6, 6.07) is 4.41. The van der Waals surface area contributed by atoms with Crippen molar-refractivity contribution in [3.05, 3.63) is 18.2 Å². The fourth-order valence-corrected chi connectivity index (χ4v) is 2.84. The second-order valence-electron chi connectivity index (χ2n) is 4.73. The first-order valence-electron chi connectivity index (χ1n) is 6.41. The first-order chi connectivity index (χ1) is 9.40. The maximum absolute atomic E-state index is 11.7. The van der Waals surface area contributed by atoms with E-state index in [2.05, 4.69) is 5.32 Å². The lowest BCUT2D eigenvalue weighted by molar-refractivity contribution is -0.116. The van der Waals surface area contributed by atoms with Gasteiger partial charge in [-0.05, 0) is 43.9 Å². The molecule has 1 N–H and O–H groups in total. The lowest BCUT2D eigenvalue weighted by atomic mass is 10.2. The highest BCUT2D eigenvalue weighted by Crippen LogP contribution is 2.33. The van der Waals surface area contributed by atoms with Crippen LogP contribution in [0.25, 0.3) is 0 Å². The third-order valence-electron chi connectivity index (χ3n) is 2.96. The number of carbonyl (C=O) groups is 1. The lowest BCUT2D eigenvalue weighted by Gasteiger charge is -2.10. The van der Waals surface area contributed by atoms with E-state index in [-0.39, 0.29) is 16.6 Å². The maximum atomic E-state index is 11.7. The van der Waals surface area contributed by atoms with Crippen LogP contribution in [0.15, 0.2) is 23.1 Å². The van der Waals surface area contributed by atoms with E-state index in [1.807, 2.05) is 0 Å². The number of carbonyl (C=O) groups excluding carboxylic acids is 1. The summed E-state index contributed by atoms with van der Waals surface area (Å²) in [7, 11) is 1.45. The van der Waals surface area contributed by atoms with Gasteiger partial charge in [0, 0.05) is 22.8 Å². The molecule has 1 aromatic rings. The van der Waals surface area contributed by atoms with E-state index in [0.29, 0.717) is 24.6 Å². The number of hydrogen-bond donors (Lipinski definition) is 1. The molecule has 1 amide bonds. The second-order valence-corrected chi connectivity index (χ2v) is 7.26. The number of ether oxygens (including phenoxy) is 1. The molecule has 1 fully saturated rings. The molecule has 0 spiro atoms. The highest BCUT2D eigenvalue weighted by atomic mass is 35.7. The molecule has 0 aromatic heterocycles. The van der Waals surface area contributed by atoms with Crippen LogP contribution < -0.4 is 10.1 Å². The second kappa shape index (κ2) is 6.01. The molecule has 0 saturated heterocycles. The first-order valence-corrected chi connectivity index (χ1v) is 8.72. The highest BCUT2D eigenvalue weighted by Gasteiger charge is 2.25. The summed E-state index contributed by atoms with van der Waals surface area (Å²) in [5.41, 5.74) is 0.401. The Morgan fingerprint density at radius 2 is 2.15 bits per heavy atom. The van der Waals surface area contributed by atoms with Crippen molar-refractivity contribution in [2.24, 2.45) is 5.92 Å². The Labute approximate surface area is 122 Å². The number of benzene rings is 1. The minimum atomic E-state index is -3.93. The van der Waals surface area contributed by atoms with E-state index < -0.39 is 9.05 Å². The fraction of sp³-hybridized carbons (Fsp3) is 0.462. The van der Waals surface area contributed by atoms with Gasteiger partial charge in [-0.25, -0.2) is 8.42 Å². The molecule has 0 atom stereocenters. The molecule has 1 saturated carbocycles. The van der Waals surface area contributed by atoms with Crippen LogP contribution in [0.1, 0.15) is 26.2 Å². The predicted molar refractivity (Wildman–Crippen MR) is 76.6 cm³/mol. The smallest absolute Gasteiger partial charge is 0.265 e. The quantitative estimate of drug-likeness (QED) is 0.819. The average Bonchev–Trinajstić information content (AvgIpc) is 3.14. The molecule has 0 aliphatic heterocycles. The van der Waals surface area contributed by atoms with Gasteiger partial charge >= 0.3 is 0 Å². The SMILES string of the molecule is CCOc1ccc(NC(=O)CC2CC2)cc1S(=O)(=O)Cl. The van der Waals surface area contributed by atoms with Crippen molar-refractivity contribution in [2.75, 3.05) is 11.9 Å². The van der Waals surface area contributed by atoms with Gasteiger partial charge in [0.1, 0.15) is 10.6 Å². The molecule has 1 aliphatic rings. The van der Waals surface area contributed by atoms with Crippen molar-refractivity contribution in [1.29, 1.82) is 0 Å². The standard InChI is InChI=1S/C13H16ClNO4S/c1-2-19-11-6-5-10(8-12(11)20(14,17)18)15-13(16)7-9-3-4-9/h5-6,8-9H,2-4,7H2,1H3,(H,15,16). The number of hydrogen-bond acceptors (Lipinski definition) is 4. The van der Waals surface area contributed by atoms with E-state index in [4.69, 9.17) is 15.4 Å². The number of anilines is 1. The van der Waals surface area contributed by atoms with Gasteiger partial charge in [-0.15, -0.1) is 0 Å². The number of rotatable bonds is 6. The molecule has 0 bridgehead atoms. The van der Waals surface area contributed by atoms with Gasteiger partial charge in [0.25, 0.3) is 9.05 Å². The fourth-order valence-electron chi connectivity index (χ4n) is 1.85. The summed E-state index contributed by atoms with van der Waals surface area (Å²) in [4.78, 5) is 11.6. The molecular formula is C13H16ClNO4S. The van der Waals surface area contributed by atoms with Crippen LogP contribution in [-0.2, 0) is 13.8 Å². The third-order valence-corrected chi connectivity index (χ3v) is 4.30. The molecule has 7 heteroatoms.